The molecule has 2 aromatic carbocycles. The van der Waals surface area contributed by atoms with Crippen molar-refractivity contribution in [3.63, 3.8) is 0 Å². The second-order valence-electron chi connectivity index (χ2n) is 6.96. The molecule has 0 fully saturated rings. The Morgan fingerprint density at radius 2 is 1.69 bits per heavy atom. The number of carbonyl (C=O) groups is 2. The molecule has 2 atom stereocenters. The fraction of sp³-hybridized carbons (Fsp3) is 0.391. The van der Waals surface area contributed by atoms with Crippen LogP contribution in [0.1, 0.15) is 39.2 Å². The van der Waals surface area contributed by atoms with Gasteiger partial charge in [0.1, 0.15) is 11.8 Å². The van der Waals surface area contributed by atoms with Gasteiger partial charge in [0.2, 0.25) is 5.91 Å². The summed E-state index contributed by atoms with van der Waals surface area (Å²) in [5.74, 6) is 0.178. The summed E-state index contributed by atoms with van der Waals surface area (Å²) in [5.41, 5.74) is 0.789. The van der Waals surface area contributed by atoms with Crippen molar-refractivity contribution < 1.29 is 14.3 Å². The van der Waals surface area contributed by atoms with Crippen LogP contribution in [0.4, 0.5) is 0 Å². The van der Waals surface area contributed by atoms with Crippen molar-refractivity contribution >= 4 is 23.4 Å². The zero-order valence-electron chi connectivity index (χ0n) is 17.2. The zero-order valence-corrected chi connectivity index (χ0v) is 18.0. The second-order valence-corrected chi connectivity index (χ2v) is 7.36. The second kappa shape index (κ2) is 11.5. The van der Waals surface area contributed by atoms with E-state index in [2.05, 4.69) is 5.32 Å². The monoisotopic (exact) mass is 416 g/mol. The first-order chi connectivity index (χ1) is 14.0. The van der Waals surface area contributed by atoms with E-state index in [-0.39, 0.29) is 31.0 Å². The number of rotatable bonds is 10. The van der Waals surface area contributed by atoms with Gasteiger partial charge in [-0.1, -0.05) is 61.8 Å². The van der Waals surface area contributed by atoms with Crippen molar-refractivity contribution in [2.24, 2.45) is 0 Å². The van der Waals surface area contributed by atoms with Gasteiger partial charge in [0, 0.05) is 17.6 Å². The van der Waals surface area contributed by atoms with Crippen molar-refractivity contribution in [1.29, 1.82) is 0 Å². The fourth-order valence-electron chi connectivity index (χ4n) is 2.92. The maximum Gasteiger partial charge on any atom is 0.261 e. The van der Waals surface area contributed by atoms with Crippen molar-refractivity contribution in [2.45, 2.75) is 52.2 Å². The topological polar surface area (TPSA) is 58.6 Å². The van der Waals surface area contributed by atoms with Crippen molar-refractivity contribution in [3.8, 4) is 5.75 Å². The molecule has 2 amide bonds. The highest BCUT2D eigenvalue weighted by atomic mass is 35.5. The van der Waals surface area contributed by atoms with Gasteiger partial charge >= 0.3 is 0 Å². The molecule has 0 saturated heterocycles. The van der Waals surface area contributed by atoms with Gasteiger partial charge in [-0.05, 0) is 43.5 Å². The maximum atomic E-state index is 13.1. The summed E-state index contributed by atoms with van der Waals surface area (Å²) in [6.07, 6.45) is 1.31. The zero-order chi connectivity index (χ0) is 21.2. The van der Waals surface area contributed by atoms with Crippen LogP contribution in [0.2, 0.25) is 5.02 Å². The average Bonchev–Trinajstić information content (AvgIpc) is 2.73. The molecule has 0 radical (unpaired) electrons. The lowest BCUT2D eigenvalue weighted by Crippen LogP contribution is -2.51. The molecule has 2 rings (SSSR count). The predicted octanol–water partition coefficient (Wildman–Crippen LogP) is 4.44. The summed E-state index contributed by atoms with van der Waals surface area (Å²) in [6.45, 7) is 5.94. The SMILES string of the molecule is CCC(C)NC(=O)C(CC)N(Cc1ccccc1Cl)C(=O)COc1ccccc1. The Hall–Kier alpha value is -2.53. The van der Waals surface area contributed by atoms with Gasteiger partial charge in [-0.3, -0.25) is 9.59 Å². The molecule has 2 unspecified atom stereocenters. The fourth-order valence-corrected chi connectivity index (χ4v) is 3.11. The Kier molecular flexibility index (Phi) is 9.00. The van der Waals surface area contributed by atoms with Crippen molar-refractivity contribution in [1.82, 2.24) is 10.2 Å². The Bertz CT molecular complexity index is 798. The summed E-state index contributed by atoms with van der Waals surface area (Å²) >= 11 is 6.31. The third-order valence-corrected chi connectivity index (χ3v) is 5.16. The van der Waals surface area contributed by atoms with Gasteiger partial charge in [0.25, 0.3) is 5.91 Å². The first kappa shape index (κ1) is 22.8. The number of hydrogen-bond acceptors (Lipinski definition) is 3. The highest BCUT2D eigenvalue weighted by molar-refractivity contribution is 6.31. The van der Waals surface area contributed by atoms with Gasteiger partial charge < -0.3 is 15.0 Å². The summed E-state index contributed by atoms with van der Waals surface area (Å²) in [4.78, 5) is 27.5. The van der Waals surface area contributed by atoms with Crippen LogP contribution >= 0.6 is 11.6 Å². The number of nitrogens with one attached hydrogen (secondary N) is 1. The highest BCUT2D eigenvalue weighted by Crippen LogP contribution is 2.20. The van der Waals surface area contributed by atoms with Crippen molar-refractivity contribution in [3.05, 3.63) is 65.2 Å². The first-order valence-electron chi connectivity index (χ1n) is 9.97. The van der Waals surface area contributed by atoms with E-state index in [1.165, 1.54) is 0 Å². The van der Waals surface area contributed by atoms with E-state index >= 15 is 0 Å². The van der Waals surface area contributed by atoms with Crippen LogP contribution in [0.15, 0.2) is 54.6 Å². The number of benzene rings is 2. The third-order valence-electron chi connectivity index (χ3n) is 4.79. The molecule has 156 valence electrons. The number of hydrogen-bond donors (Lipinski definition) is 1. The minimum atomic E-state index is -0.604. The van der Waals surface area contributed by atoms with Crippen molar-refractivity contribution in [2.75, 3.05) is 6.61 Å². The lowest BCUT2D eigenvalue weighted by Gasteiger charge is -2.31. The minimum absolute atomic E-state index is 0.0365. The molecule has 1 N–H and O–H groups in total. The number of halogens is 1. The lowest BCUT2D eigenvalue weighted by molar-refractivity contribution is -0.143. The van der Waals surface area contributed by atoms with E-state index in [0.717, 1.165) is 12.0 Å². The van der Waals surface area contributed by atoms with Gasteiger partial charge in [-0.2, -0.15) is 0 Å². The molecule has 0 aliphatic heterocycles. The van der Waals surface area contributed by atoms with E-state index in [9.17, 15) is 9.59 Å². The molecular weight excluding hydrogens is 388 g/mol. The molecule has 6 heteroatoms. The summed E-state index contributed by atoms with van der Waals surface area (Å²) in [5, 5.41) is 3.55. The van der Waals surface area contributed by atoms with Gasteiger partial charge in [0.15, 0.2) is 6.61 Å². The smallest absolute Gasteiger partial charge is 0.261 e. The first-order valence-corrected chi connectivity index (χ1v) is 10.3. The number of amides is 2. The average molecular weight is 417 g/mol. The van der Waals surface area contributed by atoms with Crippen LogP contribution in [-0.2, 0) is 16.1 Å². The lowest BCUT2D eigenvalue weighted by atomic mass is 10.1. The Labute approximate surface area is 178 Å². The molecule has 0 aliphatic rings. The van der Waals surface area contributed by atoms with Gasteiger partial charge in [0.05, 0.1) is 0 Å². The minimum Gasteiger partial charge on any atom is -0.484 e. The molecule has 29 heavy (non-hydrogen) atoms. The summed E-state index contributed by atoms with van der Waals surface area (Å²) in [7, 11) is 0. The summed E-state index contributed by atoms with van der Waals surface area (Å²) in [6, 6.07) is 15.9. The molecule has 5 nitrogen and oxygen atoms in total. The maximum absolute atomic E-state index is 13.1. The largest absolute Gasteiger partial charge is 0.484 e. The molecule has 0 heterocycles. The van der Waals surface area contributed by atoms with Crippen LogP contribution in [0.25, 0.3) is 0 Å². The molecular formula is C23H29ClN2O3. The van der Waals surface area contributed by atoms with Crippen LogP contribution < -0.4 is 10.1 Å². The number of para-hydroxylation sites is 1. The van der Waals surface area contributed by atoms with E-state index in [0.29, 0.717) is 17.2 Å². The van der Waals surface area contributed by atoms with Crippen LogP contribution in [0.3, 0.4) is 0 Å². The standard InChI is InChI=1S/C23H29ClN2O3/c1-4-17(3)25-23(28)21(5-2)26(15-18-11-9-10-14-20(18)24)22(27)16-29-19-12-7-6-8-13-19/h6-14,17,21H,4-5,15-16H2,1-3H3,(H,25,28). The van der Waals surface area contributed by atoms with E-state index < -0.39 is 6.04 Å². The van der Waals surface area contributed by atoms with Gasteiger partial charge in [-0.15, -0.1) is 0 Å². The number of nitrogens with zero attached hydrogens (tertiary/aromatic N) is 1. The number of ether oxygens (including phenoxy) is 1. The Morgan fingerprint density at radius 1 is 1.03 bits per heavy atom. The van der Waals surface area contributed by atoms with E-state index in [4.69, 9.17) is 16.3 Å². The van der Waals surface area contributed by atoms with E-state index in [1.54, 1.807) is 23.1 Å². The molecule has 0 aliphatic carbocycles. The van der Waals surface area contributed by atoms with Gasteiger partial charge in [-0.25, -0.2) is 0 Å². The molecule has 0 bridgehead atoms. The Balaban J connectivity index is 2.22. The van der Waals surface area contributed by atoms with Crippen LogP contribution in [-0.4, -0.2) is 35.4 Å². The molecule has 2 aromatic rings. The normalized spacial score (nSPS) is 12.7. The predicted molar refractivity (Wildman–Crippen MR) is 116 cm³/mol. The molecule has 0 spiro atoms. The highest BCUT2D eigenvalue weighted by Gasteiger charge is 2.29. The molecule has 0 saturated carbocycles. The third kappa shape index (κ3) is 6.79. The quantitative estimate of drug-likeness (QED) is 0.622. The number of carbonyl (C=O) groups excluding carboxylic acids is 2. The Morgan fingerprint density at radius 3 is 2.31 bits per heavy atom. The van der Waals surface area contributed by atoms with Crippen LogP contribution in [0.5, 0.6) is 5.75 Å². The molecule has 0 aromatic heterocycles. The van der Waals surface area contributed by atoms with Crippen LogP contribution in [0, 0.1) is 0 Å². The summed E-state index contributed by atoms with van der Waals surface area (Å²) < 4.78 is 5.64. The van der Waals surface area contributed by atoms with E-state index in [1.807, 2.05) is 57.2 Å².